The fourth-order valence-corrected chi connectivity index (χ4v) is 21.7. The van der Waals surface area contributed by atoms with Gasteiger partial charge in [0.25, 0.3) is 0 Å². The third-order valence-electron chi connectivity index (χ3n) is 21.5. The van der Waals surface area contributed by atoms with Crippen LogP contribution in [0.1, 0.15) is 138 Å². The number of likely N-dealkylation sites (tertiary alicyclic amines) is 2. The number of imidazole rings is 1. The lowest BCUT2D eigenvalue weighted by Gasteiger charge is -2.47. The summed E-state index contributed by atoms with van der Waals surface area (Å²) in [6.45, 7) is 27.7. The first-order chi connectivity index (χ1) is 44.4. The van der Waals surface area contributed by atoms with E-state index >= 15 is 8.78 Å². The van der Waals surface area contributed by atoms with Crippen LogP contribution in [0.25, 0.3) is 44.0 Å². The number of aromatic nitrogens is 5. The summed E-state index contributed by atoms with van der Waals surface area (Å²) in [6.07, 6.45) is 10.1. The first-order valence-corrected chi connectivity index (χ1v) is 36.1. The molecule has 3 atom stereocenters. The number of halogens is 2. The summed E-state index contributed by atoms with van der Waals surface area (Å²) in [7, 11) is 0.914. The maximum Gasteiger partial charge on any atom is 0.410 e. The number of imide groups is 1. The first-order valence-electron chi connectivity index (χ1n) is 33.9. The van der Waals surface area contributed by atoms with Gasteiger partial charge in [0.2, 0.25) is 11.8 Å². The lowest BCUT2D eigenvalue weighted by atomic mass is 9.71. The standard InChI is InChI=1S/C71H93F2N11O8Si/c1-44(2)93(45(3)4,46(5)6)35-22-53-56(72)16-12-48-36-52(91-43-89-11)38-54(61(48)53)63-62(73)64-55(39-74-63)65(82-41-50-13-14-51(42-82)83(50)69(88)92-70(7,8)9)77-67(76-64)90-34-33-79-29-23-71(24-30-79)25-31-80(32-26-71)40-47-20-27-81(28-21-47)49-15-17-57-59(37-49)78(10)68(87)84(57)58-18-19-60(85)75-66(58)86/h12,15-17,36-39,44-47,50-51,58H,13-14,18-21,23-34,40-43H2,1-11H3,(H,75,85,86). The van der Waals surface area contributed by atoms with Gasteiger partial charge in [-0.05, 0) is 174 Å². The number of ether oxygens (including phenoxy) is 4. The normalized spacial score (nSPS) is 21.0. The summed E-state index contributed by atoms with van der Waals surface area (Å²) in [5.74, 6) is 2.87. The Labute approximate surface area is 545 Å². The van der Waals surface area contributed by atoms with Crippen molar-refractivity contribution in [3.8, 4) is 34.5 Å². The van der Waals surface area contributed by atoms with Crippen molar-refractivity contribution in [2.24, 2.45) is 18.4 Å². The topological polar surface area (TPSA) is 182 Å². The van der Waals surface area contributed by atoms with E-state index in [-0.39, 0.29) is 72.4 Å². The van der Waals surface area contributed by atoms with E-state index in [0.717, 1.165) is 95.5 Å². The molecule has 498 valence electrons. The highest BCUT2D eigenvalue weighted by Gasteiger charge is 2.46. The van der Waals surface area contributed by atoms with E-state index in [1.165, 1.54) is 30.6 Å². The van der Waals surface area contributed by atoms with Crippen LogP contribution < -0.4 is 30.3 Å². The Morgan fingerprint density at radius 2 is 1.48 bits per heavy atom. The first kappa shape index (κ1) is 65.9. The average molecular weight is 1290 g/mol. The van der Waals surface area contributed by atoms with Crippen LogP contribution in [0.5, 0.6) is 11.8 Å². The fourth-order valence-electron chi connectivity index (χ4n) is 16.5. The number of methoxy groups -OCH3 is 1. The molecule has 6 aliphatic rings. The molecule has 6 aliphatic heterocycles. The summed E-state index contributed by atoms with van der Waals surface area (Å²) in [4.78, 5) is 78.0. The number of hydrogen-bond donors (Lipinski definition) is 1. The SMILES string of the molecule is COCOc1cc(-c2ncc3c(N4CC5CCC(C4)N5C(=O)OC(C)(C)C)nc(OCCN4CCC5(CC4)CCN(CC4CCN(c6ccc7c(c6)n(C)c(=O)n7C6CCC(=O)NC6=O)CC4)CC5)nc3c2F)c2c(C#C[Si](C(C)C)(C(C)C)C(C)C)c(F)ccc2c1. The van der Waals surface area contributed by atoms with E-state index in [4.69, 9.17) is 33.9 Å². The van der Waals surface area contributed by atoms with Gasteiger partial charge in [-0.3, -0.25) is 38.8 Å². The number of anilines is 2. The molecule has 3 aromatic carbocycles. The van der Waals surface area contributed by atoms with E-state index in [0.29, 0.717) is 92.8 Å². The number of hydrogen-bond acceptors (Lipinski definition) is 15. The Morgan fingerprint density at radius 1 is 0.806 bits per heavy atom. The van der Waals surface area contributed by atoms with Gasteiger partial charge in [-0.15, -0.1) is 5.54 Å². The molecule has 2 bridgehead atoms. The third-order valence-corrected chi connectivity index (χ3v) is 27.8. The Hall–Kier alpha value is -7.19. The van der Waals surface area contributed by atoms with E-state index < -0.39 is 37.3 Å². The molecule has 0 aliphatic carbocycles. The number of pyridine rings is 1. The summed E-state index contributed by atoms with van der Waals surface area (Å²) >= 11 is 0. The number of carbonyl (C=O) groups is 3. The number of aryl methyl sites for hydroxylation is 1. The molecule has 1 N–H and O–H groups in total. The van der Waals surface area contributed by atoms with Gasteiger partial charge in [-0.25, -0.2) is 18.4 Å². The summed E-state index contributed by atoms with van der Waals surface area (Å²) in [5.41, 5.74) is 6.98. The molecule has 6 aromatic rings. The van der Waals surface area contributed by atoms with Crippen LogP contribution in [-0.2, 0) is 26.1 Å². The lowest BCUT2D eigenvalue weighted by Crippen LogP contribution is -2.57. The molecule has 6 fully saturated rings. The Balaban J connectivity index is 0.735. The van der Waals surface area contributed by atoms with E-state index in [9.17, 15) is 19.2 Å². The Bertz CT molecular complexity index is 3910. The summed E-state index contributed by atoms with van der Waals surface area (Å²) < 4.78 is 61.7. The van der Waals surface area contributed by atoms with Gasteiger partial charge >= 0.3 is 17.8 Å². The van der Waals surface area contributed by atoms with Crippen molar-refractivity contribution >= 4 is 70.2 Å². The molecule has 3 amide bonds. The van der Waals surface area contributed by atoms with Crippen LogP contribution in [0.2, 0.25) is 16.6 Å². The van der Waals surface area contributed by atoms with E-state index in [1.807, 2.05) is 31.7 Å². The van der Waals surface area contributed by atoms with Gasteiger partial charge in [0.05, 0.1) is 34.1 Å². The molecule has 6 saturated heterocycles. The number of rotatable bonds is 16. The molecule has 0 saturated carbocycles. The maximum atomic E-state index is 18.2. The Morgan fingerprint density at radius 3 is 2.13 bits per heavy atom. The number of piperidine rings is 4. The molecule has 12 rings (SSSR count). The maximum absolute atomic E-state index is 18.2. The number of piperazine rings is 1. The van der Waals surface area contributed by atoms with Gasteiger partial charge in [-0.2, -0.15) is 9.97 Å². The minimum atomic E-state index is -2.35. The molecule has 0 radical (unpaired) electrons. The zero-order chi connectivity index (χ0) is 65.8. The largest absolute Gasteiger partial charge is 0.468 e. The van der Waals surface area contributed by atoms with Crippen LogP contribution >= 0.6 is 0 Å². The van der Waals surface area contributed by atoms with Crippen molar-refractivity contribution in [2.45, 2.75) is 167 Å². The number of benzene rings is 3. The van der Waals surface area contributed by atoms with Gasteiger partial charge < -0.3 is 33.6 Å². The second-order valence-corrected chi connectivity index (χ2v) is 34.7. The molecular formula is C71H93F2N11O8Si. The van der Waals surface area contributed by atoms with E-state index in [1.54, 1.807) is 36.0 Å². The molecule has 3 aromatic heterocycles. The van der Waals surface area contributed by atoms with Crippen molar-refractivity contribution < 1.29 is 42.1 Å². The van der Waals surface area contributed by atoms with Crippen molar-refractivity contribution in [3.05, 3.63) is 76.3 Å². The molecule has 93 heavy (non-hydrogen) atoms. The van der Waals surface area contributed by atoms with Crippen molar-refractivity contribution in [2.75, 3.05) is 95.8 Å². The average Bonchev–Trinajstić information content (AvgIpc) is 1.64. The number of fused-ring (bicyclic) bond motifs is 5. The number of amides is 3. The summed E-state index contributed by atoms with van der Waals surface area (Å²) in [5, 5.41) is 3.81. The predicted molar refractivity (Wildman–Crippen MR) is 361 cm³/mol. The highest BCUT2D eigenvalue weighted by atomic mass is 28.3. The zero-order valence-corrected chi connectivity index (χ0v) is 57.2. The van der Waals surface area contributed by atoms with Gasteiger partial charge in [0.15, 0.2) is 12.6 Å². The lowest BCUT2D eigenvalue weighted by molar-refractivity contribution is -0.135. The van der Waals surface area contributed by atoms with Crippen molar-refractivity contribution in [1.82, 2.24) is 44.1 Å². The molecule has 19 nitrogen and oxygen atoms in total. The highest BCUT2D eigenvalue weighted by molar-refractivity contribution is 6.90. The molecule has 3 unspecified atom stereocenters. The predicted octanol–water partition coefficient (Wildman–Crippen LogP) is 11.4. The van der Waals surface area contributed by atoms with Crippen LogP contribution in [0, 0.1) is 34.4 Å². The number of nitrogens with one attached hydrogen (secondary N) is 1. The third kappa shape index (κ3) is 13.1. The number of carbonyl (C=O) groups excluding carboxylic acids is 3. The van der Waals surface area contributed by atoms with Gasteiger partial charge in [0, 0.05) is 82.7 Å². The zero-order valence-electron chi connectivity index (χ0n) is 56.2. The highest BCUT2D eigenvalue weighted by Crippen LogP contribution is 2.45. The summed E-state index contributed by atoms with van der Waals surface area (Å²) in [6, 6.07) is 11.6. The monoisotopic (exact) mass is 1290 g/mol. The smallest absolute Gasteiger partial charge is 0.410 e. The minimum absolute atomic E-state index is 0.00972. The number of nitrogens with zero attached hydrogens (tertiary/aromatic N) is 10. The van der Waals surface area contributed by atoms with Crippen molar-refractivity contribution in [3.63, 3.8) is 0 Å². The molecular weight excluding hydrogens is 1200 g/mol. The van der Waals surface area contributed by atoms with Crippen LogP contribution in [0.15, 0.2) is 53.5 Å². The molecule has 22 heteroatoms. The second-order valence-electron chi connectivity index (χ2n) is 29.2. The quantitative estimate of drug-likeness (QED) is 0.0418. The molecule has 9 heterocycles. The van der Waals surface area contributed by atoms with Gasteiger partial charge in [-0.1, -0.05) is 53.5 Å². The fraction of sp³-hybridized carbons (Fsp3) is 0.592. The van der Waals surface area contributed by atoms with Crippen molar-refractivity contribution in [1.29, 1.82) is 0 Å². The minimum Gasteiger partial charge on any atom is -0.468 e. The second kappa shape index (κ2) is 26.5. The van der Waals surface area contributed by atoms with Crippen LogP contribution in [0.4, 0.5) is 25.1 Å². The Kier molecular flexibility index (Phi) is 18.8. The van der Waals surface area contributed by atoms with E-state index in [2.05, 4.69) is 90.1 Å². The van der Waals surface area contributed by atoms with Gasteiger partial charge in [0.1, 0.15) is 54.9 Å². The molecule has 1 spiro atoms. The van der Waals surface area contributed by atoms with Crippen LogP contribution in [-0.4, -0.2) is 168 Å². The van der Waals surface area contributed by atoms with Crippen LogP contribution in [0.3, 0.4) is 0 Å².